The fraction of sp³-hybridized carbons (Fsp3) is 0.400. The molecule has 0 spiro atoms. The maximum absolute atomic E-state index is 4.71. The zero-order valence-electron chi connectivity index (χ0n) is 11.2. The number of hydrogen-bond acceptors (Lipinski definition) is 3. The van der Waals surface area contributed by atoms with Crippen molar-refractivity contribution in [2.45, 2.75) is 25.7 Å². The molecule has 1 aliphatic rings. The van der Waals surface area contributed by atoms with Gasteiger partial charge in [-0.25, -0.2) is 4.98 Å². The Labute approximate surface area is 126 Å². The molecule has 3 rings (SSSR count). The molecule has 2 nitrogen and oxygen atoms in total. The Morgan fingerprint density at radius 3 is 2.58 bits per heavy atom. The molecule has 1 aromatic carbocycles. The summed E-state index contributed by atoms with van der Waals surface area (Å²) in [6, 6.07) is 8.57. The van der Waals surface area contributed by atoms with Crippen molar-refractivity contribution < 1.29 is 0 Å². The minimum Gasteiger partial charge on any atom is -0.315 e. The van der Waals surface area contributed by atoms with Crippen LogP contribution < -0.4 is 5.32 Å². The number of thiazole rings is 1. The highest BCUT2D eigenvalue weighted by Crippen LogP contribution is 2.37. The minimum atomic E-state index is 0.205. The van der Waals surface area contributed by atoms with Gasteiger partial charge in [-0.3, -0.25) is 0 Å². The van der Waals surface area contributed by atoms with E-state index in [2.05, 4.69) is 59.4 Å². The second kappa shape index (κ2) is 5.00. The Morgan fingerprint density at radius 1 is 1.32 bits per heavy atom. The Hall–Kier alpha value is -0.710. The van der Waals surface area contributed by atoms with Gasteiger partial charge in [0.25, 0.3) is 0 Å². The first-order valence-electron chi connectivity index (χ1n) is 6.49. The molecule has 0 bridgehead atoms. The number of aromatic nitrogens is 1. The van der Waals surface area contributed by atoms with Crippen LogP contribution in [0.25, 0.3) is 0 Å². The summed E-state index contributed by atoms with van der Waals surface area (Å²) in [6.07, 6.45) is 1.03. The van der Waals surface area contributed by atoms with E-state index in [1.165, 1.54) is 25.6 Å². The molecule has 0 aliphatic carbocycles. The number of aryl methyl sites for hydroxylation is 2. The summed E-state index contributed by atoms with van der Waals surface area (Å²) < 4.78 is 1.21. The van der Waals surface area contributed by atoms with Crippen molar-refractivity contribution in [3.8, 4) is 0 Å². The van der Waals surface area contributed by atoms with Crippen LogP contribution in [0.5, 0.6) is 0 Å². The van der Waals surface area contributed by atoms with Crippen molar-refractivity contribution in [1.29, 1.82) is 0 Å². The number of benzene rings is 1. The second-order valence-electron chi connectivity index (χ2n) is 5.29. The van der Waals surface area contributed by atoms with Crippen LogP contribution in [0.4, 0.5) is 0 Å². The van der Waals surface area contributed by atoms with E-state index in [-0.39, 0.29) is 5.41 Å². The smallest absolute Gasteiger partial charge is 0.0940 e. The Bertz CT molecular complexity index is 582. The molecular weight excluding hydrogens is 320 g/mol. The molecule has 4 heteroatoms. The van der Waals surface area contributed by atoms with Crippen molar-refractivity contribution >= 4 is 27.3 Å². The van der Waals surface area contributed by atoms with E-state index in [4.69, 9.17) is 4.98 Å². The number of halogens is 1. The van der Waals surface area contributed by atoms with E-state index in [9.17, 15) is 0 Å². The van der Waals surface area contributed by atoms with Crippen molar-refractivity contribution in [2.24, 2.45) is 0 Å². The van der Waals surface area contributed by atoms with Gasteiger partial charge in [-0.2, -0.15) is 0 Å². The van der Waals surface area contributed by atoms with Gasteiger partial charge in [-0.05, 0) is 25.5 Å². The maximum Gasteiger partial charge on any atom is 0.0940 e. The van der Waals surface area contributed by atoms with Crippen LogP contribution >= 0.6 is 27.3 Å². The summed E-state index contributed by atoms with van der Waals surface area (Å²) >= 11 is 5.53. The largest absolute Gasteiger partial charge is 0.315 e. The van der Waals surface area contributed by atoms with Gasteiger partial charge in [0.05, 0.1) is 10.7 Å². The fourth-order valence-corrected chi connectivity index (χ4v) is 4.42. The summed E-state index contributed by atoms with van der Waals surface area (Å²) in [5.74, 6) is 0. The standard InChI is InChI=1S/C15H17BrN2S/c1-10-11(2)19-14(18-10)7-15(8-17-9-15)12-5-3-4-6-13(12)16/h3-6,17H,7-9H2,1-2H3. The van der Waals surface area contributed by atoms with Crippen LogP contribution in [-0.4, -0.2) is 18.1 Å². The quantitative estimate of drug-likeness (QED) is 0.926. The van der Waals surface area contributed by atoms with E-state index in [1.54, 1.807) is 0 Å². The zero-order chi connectivity index (χ0) is 13.5. The molecule has 0 atom stereocenters. The average Bonchev–Trinajstić information content (AvgIpc) is 2.64. The third-order valence-electron chi connectivity index (χ3n) is 3.93. The predicted molar refractivity (Wildman–Crippen MR) is 84.0 cm³/mol. The van der Waals surface area contributed by atoms with Gasteiger partial charge in [-0.15, -0.1) is 11.3 Å². The molecule has 1 aliphatic heterocycles. The van der Waals surface area contributed by atoms with E-state index in [0.717, 1.165) is 19.5 Å². The molecule has 2 aromatic rings. The second-order valence-corrected chi connectivity index (χ2v) is 7.43. The van der Waals surface area contributed by atoms with Crippen LogP contribution in [0.3, 0.4) is 0 Å². The number of nitrogens with one attached hydrogen (secondary N) is 1. The molecule has 0 amide bonds. The molecule has 100 valence electrons. The lowest BCUT2D eigenvalue weighted by molar-refractivity contribution is 0.273. The van der Waals surface area contributed by atoms with Gasteiger partial charge in [0.15, 0.2) is 0 Å². The molecule has 19 heavy (non-hydrogen) atoms. The lowest BCUT2D eigenvalue weighted by Gasteiger charge is -2.43. The fourth-order valence-electron chi connectivity index (χ4n) is 2.63. The highest BCUT2D eigenvalue weighted by Gasteiger charge is 2.40. The minimum absolute atomic E-state index is 0.205. The molecule has 1 fully saturated rings. The van der Waals surface area contributed by atoms with Crippen LogP contribution in [-0.2, 0) is 11.8 Å². The summed E-state index contributed by atoms with van der Waals surface area (Å²) in [5.41, 5.74) is 2.78. The first-order valence-corrected chi connectivity index (χ1v) is 8.10. The molecule has 2 heterocycles. The third kappa shape index (κ3) is 2.37. The van der Waals surface area contributed by atoms with Crippen LogP contribution in [0, 0.1) is 13.8 Å². The van der Waals surface area contributed by atoms with Crippen LogP contribution in [0.15, 0.2) is 28.7 Å². The molecular formula is C15H17BrN2S. The van der Waals surface area contributed by atoms with Gasteiger partial charge < -0.3 is 5.32 Å². The monoisotopic (exact) mass is 336 g/mol. The molecule has 1 saturated heterocycles. The highest BCUT2D eigenvalue weighted by molar-refractivity contribution is 9.10. The van der Waals surface area contributed by atoms with Crippen molar-refractivity contribution in [1.82, 2.24) is 10.3 Å². The predicted octanol–water partition coefficient (Wildman–Crippen LogP) is 3.61. The third-order valence-corrected chi connectivity index (χ3v) is 5.70. The van der Waals surface area contributed by atoms with Gasteiger partial charge >= 0.3 is 0 Å². The number of nitrogens with zero attached hydrogens (tertiary/aromatic N) is 1. The molecule has 0 unspecified atom stereocenters. The summed E-state index contributed by atoms with van der Waals surface area (Å²) in [5, 5.41) is 4.68. The van der Waals surface area contributed by atoms with Crippen molar-refractivity contribution in [3.63, 3.8) is 0 Å². The van der Waals surface area contributed by atoms with E-state index >= 15 is 0 Å². The SMILES string of the molecule is Cc1nc(CC2(c3ccccc3Br)CNC2)sc1C. The summed E-state index contributed by atoms with van der Waals surface area (Å²) in [7, 11) is 0. The summed E-state index contributed by atoms with van der Waals surface area (Å²) in [6.45, 7) is 6.32. The molecule has 1 aromatic heterocycles. The Kier molecular flexibility index (Phi) is 3.50. The topological polar surface area (TPSA) is 24.9 Å². The first-order chi connectivity index (χ1) is 9.11. The van der Waals surface area contributed by atoms with Gasteiger partial charge in [-0.1, -0.05) is 34.1 Å². The van der Waals surface area contributed by atoms with Gasteiger partial charge in [0.2, 0.25) is 0 Å². The lowest BCUT2D eigenvalue weighted by Crippen LogP contribution is -2.58. The van der Waals surface area contributed by atoms with E-state index < -0.39 is 0 Å². The van der Waals surface area contributed by atoms with E-state index in [1.807, 2.05) is 11.3 Å². The average molecular weight is 337 g/mol. The summed E-state index contributed by atoms with van der Waals surface area (Å²) in [4.78, 5) is 6.05. The number of hydrogen-bond donors (Lipinski definition) is 1. The maximum atomic E-state index is 4.71. The lowest BCUT2D eigenvalue weighted by atomic mass is 9.73. The van der Waals surface area contributed by atoms with Crippen molar-refractivity contribution in [3.05, 3.63) is 49.9 Å². The Balaban J connectivity index is 1.94. The first kappa shape index (κ1) is 13.3. The molecule has 0 saturated carbocycles. The number of rotatable bonds is 3. The van der Waals surface area contributed by atoms with Crippen molar-refractivity contribution in [2.75, 3.05) is 13.1 Å². The van der Waals surface area contributed by atoms with Crippen LogP contribution in [0.1, 0.15) is 21.1 Å². The van der Waals surface area contributed by atoms with Gasteiger partial charge in [0.1, 0.15) is 0 Å². The normalized spacial score (nSPS) is 17.2. The van der Waals surface area contributed by atoms with E-state index in [0.29, 0.717) is 0 Å². The van der Waals surface area contributed by atoms with Crippen LogP contribution in [0.2, 0.25) is 0 Å². The molecule has 0 radical (unpaired) electrons. The van der Waals surface area contributed by atoms with Gasteiger partial charge in [0, 0.05) is 34.3 Å². The zero-order valence-corrected chi connectivity index (χ0v) is 13.6. The molecule has 1 N–H and O–H groups in total. The Morgan fingerprint density at radius 2 is 2.05 bits per heavy atom. The highest BCUT2D eigenvalue weighted by atomic mass is 79.9.